The van der Waals surface area contributed by atoms with Crippen molar-refractivity contribution in [1.29, 1.82) is 0 Å². The Bertz CT molecular complexity index is 333. The van der Waals surface area contributed by atoms with E-state index >= 15 is 0 Å². The van der Waals surface area contributed by atoms with Crippen LogP contribution >= 0.6 is 0 Å². The van der Waals surface area contributed by atoms with Gasteiger partial charge in [0.2, 0.25) is 5.91 Å². The number of rotatable bonds is 4. The number of hydrogen-bond acceptors (Lipinski definition) is 3. The van der Waals surface area contributed by atoms with Crippen molar-refractivity contribution in [3.8, 4) is 0 Å². The van der Waals surface area contributed by atoms with Crippen LogP contribution in [0.1, 0.15) is 33.6 Å². The highest BCUT2D eigenvalue weighted by Gasteiger charge is 2.28. The van der Waals surface area contributed by atoms with Crippen molar-refractivity contribution < 1.29 is 14.4 Å². The summed E-state index contributed by atoms with van der Waals surface area (Å²) >= 11 is 0. The molecule has 0 aromatic rings. The summed E-state index contributed by atoms with van der Waals surface area (Å²) < 4.78 is 0. The molecule has 6 nitrogen and oxygen atoms in total. The van der Waals surface area contributed by atoms with E-state index in [2.05, 4.69) is 16.0 Å². The summed E-state index contributed by atoms with van der Waals surface area (Å²) in [6, 6.07) is -1.00. The van der Waals surface area contributed by atoms with Gasteiger partial charge in [-0.1, -0.05) is 20.8 Å². The van der Waals surface area contributed by atoms with Gasteiger partial charge in [0.05, 0.1) is 0 Å². The highest BCUT2D eigenvalue weighted by Crippen LogP contribution is 2.17. The molecule has 1 atom stereocenters. The van der Waals surface area contributed by atoms with Gasteiger partial charge in [0, 0.05) is 13.0 Å². The van der Waals surface area contributed by atoms with Crippen molar-refractivity contribution in [1.82, 2.24) is 16.0 Å². The van der Waals surface area contributed by atoms with Crippen LogP contribution in [0.4, 0.5) is 4.79 Å². The molecule has 0 aromatic carbocycles. The van der Waals surface area contributed by atoms with Crippen LogP contribution in [0.2, 0.25) is 0 Å². The summed E-state index contributed by atoms with van der Waals surface area (Å²) in [6.07, 6.45) is 0.851. The van der Waals surface area contributed by atoms with Crippen LogP contribution in [0.5, 0.6) is 0 Å². The number of carbonyl (C=O) groups is 3. The average Bonchev–Trinajstić information content (AvgIpc) is 2.42. The van der Waals surface area contributed by atoms with Crippen molar-refractivity contribution >= 4 is 17.8 Å². The molecule has 1 saturated heterocycles. The van der Waals surface area contributed by atoms with E-state index in [1.165, 1.54) is 0 Å². The molecule has 1 aliphatic heterocycles. The predicted octanol–water partition coefficient (Wildman–Crippen LogP) is 0.137. The van der Waals surface area contributed by atoms with Crippen LogP contribution in [0.25, 0.3) is 0 Å². The smallest absolute Gasteiger partial charge is 0.322 e. The highest BCUT2D eigenvalue weighted by molar-refractivity contribution is 6.04. The quantitative estimate of drug-likeness (QED) is 0.612. The Balaban J connectivity index is 2.22. The lowest BCUT2D eigenvalue weighted by Gasteiger charge is -2.17. The highest BCUT2D eigenvalue weighted by atomic mass is 16.2. The van der Waals surface area contributed by atoms with E-state index in [9.17, 15) is 14.4 Å². The minimum atomic E-state index is -0.530. The fourth-order valence-corrected chi connectivity index (χ4v) is 1.56. The van der Waals surface area contributed by atoms with Gasteiger partial charge in [-0.15, -0.1) is 0 Å². The summed E-state index contributed by atoms with van der Waals surface area (Å²) in [5.41, 5.74) is -0.0525. The molecule has 4 amide bonds. The number of carbonyl (C=O) groups excluding carboxylic acids is 3. The van der Waals surface area contributed by atoms with Crippen LogP contribution in [0.3, 0.4) is 0 Å². The molecule has 96 valence electrons. The summed E-state index contributed by atoms with van der Waals surface area (Å²) in [5, 5.41) is 7.35. The lowest BCUT2D eigenvalue weighted by molar-refractivity contribution is -0.123. The first-order valence-corrected chi connectivity index (χ1v) is 5.66. The van der Waals surface area contributed by atoms with Crippen LogP contribution in [0, 0.1) is 5.41 Å². The summed E-state index contributed by atoms with van der Waals surface area (Å²) in [7, 11) is 0. The van der Waals surface area contributed by atoms with Crippen molar-refractivity contribution in [2.45, 2.75) is 39.7 Å². The van der Waals surface area contributed by atoms with Crippen molar-refractivity contribution in [3.63, 3.8) is 0 Å². The standard InChI is InChI=1S/C11H19N3O3/c1-11(2,3)6-8(15)12-5-4-7-9(16)14-10(17)13-7/h7H,4-6H2,1-3H3,(H,12,15)(H2,13,14,16,17). The number of hydrogen-bond donors (Lipinski definition) is 3. The monoisotopic (exact) mass is 241 g/mol. The maximum Gasteiger partial charge on any atom is 0.322 e. The molecule has 3 N–H and O–H groups in total. The van der Waals surface area contributed by atoms with E-state index in [0.29, 0.717) is 19.4 Å². The largest absolute Gasteiger partial charge is 0.356 e. The molecule has 1 aliphatic rings. The van der Waals surface area contributed by atoms with Gasteiger partial charge in [-0.05, 0) is 11.8 Å². The molecule has 1 unspecified atom stereocenters. The molecule has 1 rings (SSSR count). The number of imide groups is 1. The minimum Gasteiger partial charge on any atom is -0.356 e. The van der Waals surface area contributed by atoms with Gasteiger partial charge in [0.1, 0.15) is 6.04 Å². The molecule has 6 heteroatoms. The molecule has 0 spiro atoms. The van der Waals surface area contributed by atoms with Gasteiger partial charge in [0.15, 0.2) is 0 Å². The van der Waals surface area contributed by atoms with Gasteiger partial charge < -0.3 is 10.6 Å². The average molecular weight is 241 g/mol. The second kappa shape index (κ2) is 5.16. The Kier molecular flexibility index (Phi) is 4.09. The maximum atomic E-state index is 11.5. The maximum absolute atomic E-state index is 11.5. The third-order valence-electron chi connectivity index (χ3n) is 2.30. The second-order valence-electron chi connectivity index (χ2n) is 5.39. The first-order valence-electron chi connectivity index (χ1n) is 5.66. The number of nitrogens with one attached hydrogen (secondary N) is 3. The zero-order valence-electron chi connectivity index (χ0n) is 10.4. The van der Waals surface area contributed by atoms with E-state index in [1.54, 1.807) is 0 Å². The van der Waals surface area contributed by atoms with Crippen LogP contribution in [-0.4, -0.2) is 30.4 Å². The molecule has 0 saturated carbocycles. The Morgan fingerprint density at radius 3 is 2.47 bits per heavy atom. The number of urea groups is 1. The fourth-order valence-electron chi connectivity index (χ4n) is 1.56. The Labute approximate surface area is 101 Å². The molecule has 0 aromatic heterocycles. The first kappa shape index (κ1) is 13.5. The van der Waals surface area contributed by atoms with E-state index in [0.717, 1.165) is 0 Å². The van der Waals surface area contributed by atoms with Crippen LogP contribution in [-0.2, 0) is 9.59 Å². The molecule has 0 radical (unpaired) electrons. The zero-order valence-corrected chi connectivity index (χ0v) is 10.4. The zero-order chi connectivity index (χ0) is 13.1. The topological polar surface area (TPSA) is 87.3 Å². The molecule has 0 bridgehead atoms. The summed E-state index contributed by atoms with van der Waals surface area (Å²) in [5.74, 6) is -0.373. The molecular weight excluding hydrogens is 222 g/mol. The van der Waals surface area contributed by atoms with Gasteiger partial charge in [-0.3, -0.25) is 14.9 Å². The van der Waals surface area contributed by atoms with Gasteiger partial charge in [-0.25, -0.2) is 4.79 Å². The first-order chi connectivity index (χ1) is 7.78. The Hall–Kier alpha value is -1.59. The predicted molar refractivity (Wildman–Crippen MR) is 62.2 cm³/mol. The van der Waals surface area contributed by atoms with Gasteiger partial charge in [-0.2, -0.15) is 0 Å². The lowest BCUT2D eigenvalue weighted by atomic mass is 9.92. The van der Waals surface area contributed by atoms with E-state index < -0.39 is 12.1 Å². The Morgan fingerprint density at radius 2 is 2.00 bits per heavy atom. The normalized spacial score (nSPS) is 19.8. The Morgan fingerprint density at radius 1 is 1.35 bits per heavy atom. The molecular formula is C11H19N3O3. The molecule has 17 heavy (non-hydrogen) atoms. The van der Waals surface area contributed by atoms with E-state index in [4.69, 9.17) is 0 Å². The van der Waals surface area contributed by atoms with Gasteiger partial charge in [0.25, 0.3) is 5.91 Å². The lowest BCUT2D eigenvalue weighted by Crippen LogP contribution is -2.35. The molecule has 1 heterocycles. The third kappa shape index (κ3) is 4.84. The fraction of sp³-hybridized carbons (Fsp3) is 0.727. The van der Waals surface area contributed by atoms with Crippen molar-refractivity contribution in [2.24, 2.45) is 5.41 Å². The van der Waals surface area contributed by atoms with Crippen molar-refractivity contribution in [3.05, 3.63) is 0 Å². The van der Waals surface area contributed by atoms with E-state index in [-0.39, 0.29) is 17.2 Å². The summed E-state index contributed by atoms with van der Waals surface area (Å²) in [6.45, 7) is 6.33. The third-order valence-corrected chi connectivity index (χ3v) is 2.30. The van der Waals surface area contributed by atoms with Crippen LogP contribution < -0.4 is 16.0 Å². The SMILES string of the molecule is CC(C)(C)CC(=O)NCCC1NC(=O)NC1=O. The van der Waals surface area contributed by atoms with Crippen LogP contribution in [0.15, 0.2) is 0 Å². The van der Waals surface area contributed by atoms with Crippen molar-refractivity contribution in [2.75, 3.05) is 6.54 Å². The van der Waals surface area contributed by atoms with Gasteiger partial charge >= 0.3 is 6.03 Å². The molecule has 1 fully saturated rings. The summed E-state index contributed by atoms with van der Waals surface area (Å²) in [4.78, 5) is 33.5. The van der Waals surface area contributed by atoms with E-state index in [1.807, 2.05) is 20.8 Å². The minimum absolute atomic E-state index is 0.0396. The molecule has 0 aliphatic carbocycles. The second-order valence-corrected chi connectivity index (χ2v) is 5.39. The number of amides is 4.